The predicted octanol–water partition coefficient (Wildman–Crippen LogP) is 0.549. The van der Waals surface area contributed by atoms with E-state index in [4.69, 9.17) is 15.2 Å². The summed E-state index contributed by atoms with van der Waals surface area (Å²) in [6.07, 6.45) is 0.0171. The van der Waals surface area contributed by atoms with Gasteiger partial charge in [-0.1, -0.05) is 6.07 Å². The summed E-state index contributed by atoms with van der Waals surface area (Å²) in [7, 11) is 2.80. The minimum Gasteiger partial charge on any atom is -0.494 e. The van der Waals surface area contributed by atoms with Crippen molar-refractivity contribution in [1.29, 1.82) is 0 Å². The van der Waals surface area contributed by atoms with Gasteiger partial charge in [-0.2, -0.15) is 0 Å². The van der Waals surface area contributed by atoms with E-state index in [9.17, 15) is 14.0 Å². The molecule has 1 aromatic rings. The Balaban J connectivity index is 2.32. The highest BCUT2D eigenvalue weighted by atomic mass is 19.1. The molecule has 2 amide bonds. The molecule has 2 atom stereocenters. The molecule has 0 bridgehead atoms. The average Bonchev–Trinajstić information content (AvgIpc) is 2.91. The van der Waals surface area contributed by atoms with Gasteiger partial charge in [0, 0.05) is 20.1 Å². The lowest BCUT2D eigenvalue weighted by atomic mass is 10.1. The van der Waals surface area contributed by atoms with Crippen molar-refractivity contribution in [3.63, 3.8) is 0 Å². The van der Waals surface area contributed by atoms with Gasteiger partial charge in [-0.3, -0.25) is 9.59 Å². The number of hydrogen-bond donors (Lipinski definition) is 1. The number of nitrogens with zero attached hydrogens (tertiary/aromatic N) is 1. The third-order valence-corrected chi connectivity index (χ3v) is 3.60. The normalized spacial score (nSPS) is 21.4. The fourth-order valence-corrected chi connectivity index (χ4v) is 2.45. The fourth-order valence-electron chi connectivity index (χ4n) is 2.45. The molecule has 0 radical (unpaired) electrons. The van der Waals surface area contributed by atoms with Gasteiger partial charge in [0.05, 0.1) is 18.8 Å². The van der Waals surface area contributed by atoms with Crippen LogP contribution in [0, 0.1) is 5.82 Å². The minimum absolute atomic E-state index is 0.0287. The Morgan fingerprint density at radius 1 is 1.38 bits per heavy atom. The van der Waals surface area contributed by atoms with Crippen molar-refractivity contribution >= 4 is 11.8 Å². The number of carbonyl (C=O) groups is 2. The maximum atomic E-state index is 14.2. The molecule has 114 valence electrons. The van der Waals surface area contributed by atoms with Gasteiger partial charge in [0.25, 0.3) is 5.91 Å². The van der Waals surface area contributed by atoms with E-state index in [0.717, 1.165) is 0 Å². The highest BCUT2D eigenvalue weighted by Crippen LogP contribution is 2.26. The lowest BCUT2D eigenvalue weighted by Gasteiger charge is -2.22. The van der Waals surface area contributed by atoms with Crippen LogP contribution in [0.2, 0.25) is 0 Å². The zero-order valence-electron chi connectivity index (χ0n) is 11.8. The van der Waals surface area contributed by atoms with Gasteiger partial charge in [0.2, 0.25) is 5.91 Å². The molecule has 0 aromatic heterocycles. The van der Waals surface area contributed by atoms with Gasteiger partial charge in [0.15, 0.2) is 11.6 Å². The molecule has 0 saturated carbocycles. The summed E-state index contributed by atoms with van der Waals surface area (Å²) >= 11 is 0. The van der Waals surface area contributed by atoms with Crippen molar-refractivity contribution in [3.8, 4) is 5.75 Å². The minimum atomic E-state index is -0.798. The molecular weight excluding hydrogens is 279 g/mol. The third kappa shape index (κ3) is 2.82. The van der Waals surface area contributed by atoms with Crippen LogP contribution in [0.15, 0.2) is 18.2 Å². The van der Waals surface area contributed by atoms with E-state index >= 15 is 0 Å². The second-order valence-electron chi connectivity index (χ2n) is 4.79. The lowest BCUT2D eigenvalue weighted by molar-refractivity contribution is -0.121. The van der Waals surface area contributed by atoms with Crippen LogP contribution >= 0.6 is 0 Å². The standard InChI is InChI=1S/C14H17FN2O4/c1-20-8-6-10(13(16)18)17(7-8)14(19)9-4-3-5-11(21-2)12(9)15/h3-5,8,10H,6-7H2,1-2H3,(H2,16,18)/t8-,10-/m0/s1. The highest BCUT2D eigenvalue weighted by Gasteiger charge is 2.39. The van der Waals surface area contributed by atoms with E-state index in [0.29, 0.717) is 6.42 Å². The SMILES string of the molecule is COc1cccc(C(=O)N2C[C@@H](OC)C[C@H]2C(N)=O)c1F. The summed E-state index contributed by atoms with van der Waals surface area (Å²) in [5.74, 6) is -2.02. The van der Waals surface area contributed by atoms with Crippen molar-refractivity contribution in [2.75, 3.05) is 20.8 Å². The Bertz CT molecular complexity index is 564. The maximum absolute atomic E-state index is 14.2. The summed E-state index contributed by atoms with van der Waals surface area (Å²) in [6.45, 7) is 0.194. The van der Waals surface area contributed by atoms with Crippen LogP contribution in [0.4, 0.5) is 4.39 Å². The monoisotopic (exact) mass is 296 g/mol. The van der Waals surface area contributed by atoms with Crippen molar-refractivity contribution in [3.05, 3.63) is 29.6 Å². The molecule has 1 aromatic carbocycles. The summed E-state index contributed by atoms with van der Waals surface area (Å²) in [5, 5.41) is 0. The first kappa shape index (κ1) is 15.2. The quantitative estimate of drug-likeness (QED) is 0.879. The van der Waals surface area contributed by atoms with Gasteiger partial charge in [-0.15, -0.1) is 0 Å². The zero-order valence-corrected chi connectivity index (χ0v) is 11.8. The molecule has 1 aliphatic rings. The number of rotatable bonds is 4. The highest BCUT2D eigenvalue weighted by molar-refractivity contribution is 5.98. The van der Waals surface area contributed by atoms with E-state index in [1.54, 1.807) is 0 Å². The first-order valence-corrected chi connectivity index (χ1v) is 6.45. The fraction of sp³-hybridized carbons (Fsp3) is 0.429. The molecule has 0 unspecified atom stereocenters. The van der Waals surface area contributed by atoms with Crippen LogP contribution in [0.5, 0.6) is 5.75 Å². The van der Waals surface area contributed by atoms with Crippen LogP contribution in [0.25, 0.3) is 0 Å². The molecule has 21 heavy (non-hydrogen) atoms. The van der Waals surface area contributed by atoms with Gasteiger partial charge >= 0.3 is 0 Å². The Kier molecular flexibility index (Phi) is 4.42. The number of ether oxygens (including phenoxy) is 2. The van der Waals surface area contributed by atoms with Gasteiger partial charge in [0.1, 0.15) is 6.04 Å². The van der Waals surface area contributed by atoms with Crippen molar-refractivity contribution < 1.29 is 23.5 Å². The third-order valence-electron chi connectivity index (χ3n) is 3.60. The van der Waals surface area contributed by atoms with E-state index < -0.39 is 23.7 Å². The molecule has 1 heterocycles. The molecule has 1 fully saturated rings. The Labute approximate surface area is 121 Å². The number of likely N-dealkylation sites (tertiary alicyclic amines) is 1. The topological polar surface area (TPSA) is 81.9 Å². The predicted molar refractivity (Wildman–Crippen MR) is 72.4 cm³/mol. The number of hydrogen-bond acceptors (Lipinski definition) is 4. The number of halogens is 1. The summed E-state index contributed by atoms with van der Waals surface area (Å²) in [4.78, 5) is 25.2. The molecule has 2 N–H and O–H groups in total. The van der Waals surface area contributed by atoms with Gasteiger partial charge < -0.3 is 20.1 Å². The first-order chi connectivity index (χ1) is 9.99. The second-order valence-corrected chi connectivity index (χ2v) is 4.79. The average molecular weight is 296 g/mol. The number of benzene rings is 1. The first-order valence-electron chi connectivity index (χ1n) is 6.45. The number of nitrogens with two attached hydrogens (primary N) is 1. The molecule has 1 aliphatic heterocycles. The molecule has 1 saturated heterocycles. The Morgan fingerprint density at radius 2 is 2.10 bits per heavy atom. The molecule has 0 spiro atoms. The molecular formula is C14H17FN2O4. The van der Waals surface area contributed by atoms with Gasteiger partial charge in [-0.05, 0) is 12.1 Å². The molecule has 2 rings (SSSR count). The van der Waals surface area contributed by atoms with Crippen molar-refractivity contribution in [1.82, 2.24) is 4.90 Å². The smallest absolute Gasteiger partial charge is 0.257 e. The summed E-state index contributed by atoms with van der Waals surface area (Å²) in [5.41, 5.74) is 5.15. The molecule has 6 nitrogen and oxygen atoms in total. The Morgan fingerprint density at radius 3 is 2.67 bits per heavy atom. The number of primary amides is 1. The largest absolute Gasteiger partial charge is 0.494 e. The molecule has 7 heteroatoms. The summed E-state index contributed by atoms with van der Waals surface area (Å²) < 4.78 is 24.2. The van der Waals surface area contributed by atoms with Crippen LogP contribution in [-0.4, -0.2) is 49.6 Å². The van der Waals surface area contributed by atoms with Crippen molar-refractivity contribution in [2.45, 2.75) is 18.6 Å². The summed E-state index contributed by atoms with van der Waals surface area (Å²) in [6, 6.07) is 3.48. The van der Waals surface area contributed by atoms with E-state index in [1.807, 2.05) is 0 Å². The van der Waals surface area contributed by atoms with Crippen LogP contribution < -0.4 is 10.5 Å². The zero-order chi connectivity index (χ0) is 15.6. The van der Waals surface area contributed by atoms with Crippen LogP contribution in [0.1, 0.15) is 16.8 Å². The maximum Gasteiger partial charge on any atom is 0.257 e. The second kappa shape index (κ2) is 6.09. The van der Waals surface area contributed by atoms with Crippen LogP contribution in [-0.2, 0) is 9.53 Å². The number of carbonyl (C=O) groups excluding carboxylic acids is 2. The van der Waals surface area contributed by atoms with E-state index in [2.05, 4.69) is 0 Å². The molecule has 0 aliphatic carbocycles. The number of methoxy groups -OCH3 is 2. The van der Waals surface area contributed by atoms with E-state index in [-0.39, 0.29) is 24.0 Å². The van der Waals surface area contributed by atoms with E-state index in [1.165, 1.54) is 37.3 Å². The lowest BCUT2D eigenvalue weighted by Crippen LogP contribution is -2.44. The number of amides is 2. The van der Waals surface area contributed by atoms with Crippen molar-refractivity contribution in [2.24, 2.45) is 5.73 Å². The Hall–Kier alpha value is -2.15. The van der Waals surface area contributed by atoms with Gasteiger partial charge in [-0.25, -0.2) is 4.39 Å². The van der Waals surface area contributed by atoms with Crippen LogP contribution in [0.3, 0.4) is 0 Å².